The van der Waals surface area contributed by atoms with Crippen LogP contribution in [0.5, 0.6) is 5.75 Å². The van der Waals surface area contributed by atoms with Gasteiger partial charge in [0, 0.05) is 50.6 Å². The van der Waals surface area contributed by atoms with Gasteiger partial charge in [0.15, 0.2) is 0 Å². The van der Waals surface area contributed by atoms with Crippen LogP contribution >= 0.6 is 0 Å². The molecule has 0 saturated carbocycles. The fourth-order valence-corrected chi connectivity index (χ4v) is 3.91. The van der Waals surface area contributed by atoms with Crippen molar-refractivity contribution in [2.24, 2.45) is 7.05 Å². The number of benzene rings is 2. The lowest BCUT2D eigenvalue weighted by molar-refractivity contribution is 0.0950. The average Bonchev–Trinajstić information content (AvgIpc) is 3.23. The lowest BCUT2D eigenvalue weighted by Crippen LogP contribution is -2.39. The quantitative estimate of drug-likeness (QED) is 0.609. The molecule has 0 radical (unpaired) electrons. The van der Waals surface area contributed by atoms with Crippen molar-refractivity contribution in [3.63, 3.8) is 0 Å². The predicted octanol–water partition coefficient (Wildman–Crippen LogP) is 3.44. The van der Waals surface area contributed by atoms with E-state index < -0.39 is 0 Å². The number of ether oxygens (including phenoxy) is 1. The Hall–Kier alpha value is -3.12. The summed E-state index contributed by atoms with van der Waals surface area (Å²) >= 11 is 0. The van der Waals surface area contributed by atoms with Gasteiger partial charge in [-0.05, 0) is 49.1 Å². The highest BCUT2D eigenvalue weighted by atomic mass is 16.5. The van der Waals surface area contributed by atoms with Gasteiger partial charge in [-0.15, -0.1) is 0 Å². The van der Waals surface area contributed by atoms with E-state index in [0.29, 0.717) is 12.1 Å². The predicted molar refractivity (Wildman–Crippen MR) is 121 cm³/mol. The first-order valence-corrected chi connectivity index (χ1v) is 10.9. The van der Waals surface area contributed by atoms with Crippen molar-refractivity contribution in [2.75, 3.05) is 19.6 Å². The lowest BCUT2D eigenvalue weighted by Gasteiger charge is -2.32. The molecule has 0 unspecified atom stereocenters. The number of hydrogen-bond donors (Lipinski definition) is 1. The van der Waals surface area contributed by atoms with Crippen LogP contribution in [-0.2, 0) is 20.0 Å². The highest BCUT2D eigenvalue weighted by Gasteiger charge is 2.20. The van der Waals surface area contributed by atoms with Crippen LogP contribution in [0.4, 0.5) is 0 Å². The molecule has 1 aromatic heterocycles. The Kier molecular flexibility index (Phi) is 6.99. The van der Waals surface area contributed by atoms with E-state index in [1.807, 2.05) is 37.5 Å². The second-order valence-electron chi connectivity index (χ2n) is 8.12. The minimum atomic E-state index is -0.0953. The van der Waals surface area contributed by atoms with Gasteiger partial charge in [0.1, 0.15) is 11.9 Å². The Balaban J connectivity index is 1.19. The third-order valence-electron chi connectivity index (χ3n) is 5.72. The van der Waals surface area contributed by atoms with Gasteiger partial charge >= 0.3 is 0 Å². The van der Waals surface area contributed by atoms with Crippen molar-refractivity contribution < 1.29 is 9.53 Å². The largest absolute Gasteiger partial charge is 0.490 e. The first-order chi connectivity index (χ1) is 15.2. The van der Waals surface area contributed by atoms with E-state index >= 15 is 0 Å². The smallest absolute Gasteiger partial charge is 0.251 e. The molecule has 1 aliphatic rings. The molecule has 0 atom stereocenters. The number of likely N-dealkylation sites (tertiary alicyclic amines) is 1. The first kappa shape index (κ1) is 21.1. The fourth-order valence-electron chi connectivity index (χ4n) is 3.91. The van der Waals surface area contributed by atoms with Gasteiger partial charge in [-0.2, -0.15) is 5.10 Å². The van der Waals surface area contributed by atoms with Crippen LogP contribution in [0.2, 0.25) is 0 Å². The molecule has 31 heavy (non-hydrogen) atoms. The summed E-state index contributed by atoms with van der Waals surface area (Å²) in [6, 6.07) is 18.1. The summed E-state index contributed by atoms with van der Waals surface area (Å²) in [7, 11) is 1.86. The molecule has 0 bridgehead atoms. The molecule has 0 aliphatic carbocycles. The molecule has 1 saturated heterocycles. The monoisotopic (exact) mass is 418 g/mol. The third kappa shape index (κ3) is 6.18. The molecule has 1 N–H and O–H groups in total. The minimum absolute atomic E-state index is 0.0953. The molecule has 3 aromatic rings. The molecule has 2 heterocycles. The molecule has 1 fully saturated rings. The third-order valence-corrected chi connectivity index (χ3v) is 5.72. The first-order valence-electron chi connectivity index (χ1n) is 10.9. The van der Waals surface area contributed by atoms with Crippen molar-refractivity contribution >= 4 is 5.91 Å². The van der Waals surface area contributed by atoms with Crippen LogP contribution in [0, 0.1) is 0 Å². The van der Waals surface area contributed by atoms with Gasteiger partial charge in [-0.1, -0.05) is 30.3 Å². The molecule has 6 nitrogen and oxygen atoms in total. The van der Waals surface area contributed by atoms with Crippen LogP contribution in [0.15, 0.2) is 67.0 Å². The Morgan fingerprint density at radius 1 is 1.06 bits per heavy atom. The normalized spacial score (nSPS) is 15.0. The van der Waals surface area contributed by atoms with Crippen molar-refractivity contribution in [1.82, 2.24) is 20.0 Å². The van der Waals surface area contributed by atoms with Crippen molar-refractivity contribution in [2.45, 2.75) is 31.9 Å². The van der Waals surface area contributed by atoms with E-state index in [1.165, 1.54) is 5.56 Å². The van der Waals surface area contributed by atoms with E-state index in [4.69, 9.17) is 4.74 Å². The zero-order valence-corrected chi connectivity index (χ0v) is 18.0. The summed E-state index contributed by atoms with van der Waals surface area (Å²) in [5.74, 6) is 0.730. The highest BCUT2D eigenvalue weighted by molar-refractivity contribution is 5.94. The number of piperidine rings is 1. The maximum Gasteiger partial charge on any atom is 0.251 e. The van der Waals surface area contributed by atoms with Gasteiger partial charge in [-0.25, -0.2) is 0 Å². The van der Waals surface area contributed by atoms with Gasteiger partial charge in [0.05, 0.1) is 6.20 Å². The maximum atomic E-state index is 12.3. The van der Waals surface area contributed by atoms with Crippen LogP contribution < -0.4 is 10.1 Å². The summed E-state index contributed by atoms with van der Waals surface area (Å²) in [6.07, 6.45) is 7.04. The number of hydrogen-bond acceptors (Lipinski definition) is 4. The van der Waals surface area contributed by atoms with Crippen LogP contribution in [0.3, 0.4) is 0 Å². The van der Waals surface area contributed by atoms with E-state index in [2.05, 4.69) is 45.6 Å². The number of rotatable bonds is 8. The number of aryl methyl sites for hydroxylation is 1. The Bertz CT molecular complexity index is 961. The molecular weight excluding hydrogens is 388 g/mol. The van der Waals surface area contributed by atoms with Crippen LogP contribution in [0.25, 0.3) is 0 Å². The van der Waals surface area contributed by atoms with Crippen molar-refractivity contribution in [3.05, 3.63) is 83.7 Å². The van der Waals surface area contributed by atoms with Crippen LogP contribution in [-0.4, -0.2) is 46.3 Å². The standard InChI is InChI=1S/C25H30N4O2/c1-28-19-21(18-27-28)17-26-25(30)22-7-9-23(10-8-22)31-24-12-15-29(16-13-24)14-11-20-5-3-2-4-6-20/h2-10,18-19,24H,11-17H2,1H3,(H,26,30). The van der Waals surface area contributed by atoms with Gasteiger partial charge in [-0.3, -0.25) is 9.48 Å². The molecule has 4 rings (SSSR count). The summed E-state index contributed by atoms with van der Waals surface area (Å²) < 4.78 is 7.89. The van der Waals surface area contributed by atoms with Crippen molar-refractivity contribution in [3.8, 4) is 5.75 Å². The molecular formula is C25H30N4O2. The second kappa shape index (κ2) is 10.3. The lowest BCUT2D eigenvalue weighted by atomic mass is 10.1. The summed E-state index contributed by atoms with van der Waals surface area (Å²) in [5.41, 5.74) is 3.00. The Morgan fingerprint density at radius 3 is 2.48 bits per heavy atom. The summed E-state index contributed by atoms with van der Waals surface area (Å²) in [4.78, 5) is 14.9. The number of nitrogens with one attached hydrogen (secondary N) is 1. The van der Waals surface area contributed by atoms with Gasteiger partial charge in [0.25, 0.3) is 5.91 Å². The number of carbonyl (C=O) groups excluding carboxylic acids is 1. The number of nitrogens with zero attached hydrogens (tertiary/aromatic N) is 3. The van der Waals surface area contributed by atoms with E-state index in [-0.39, 0.29) is 12.0 Å². The summed E-state index contributed by atoms with van der Waals surface area (Å²) in [5, 5.41) is 7.03. The molecule has 6 heteroatoms. The second-order valence-corrected chi connectivity index (χ2v) is 8.12. The molecule has 1 amide bonds. The van der Waals surface area contributed by atoms with Crippen LogP contribution in [0.1, 0.15) is 34.3 Å². The Labute approximate surface area is 183 Å². The summed E-state index contributed by atoms with van der Waals surface area (Å²) in [6.45, 7) is 3.69. The minimum Gasteiger partial charge on any atom is -0.490 e. The number of amides is 1. The molecule has 1 aliphatic heterocycles. The molecule has 162 valence electrons. The molecule has 0 spiro atoms. The number of aromatic nitrogens is 2. The van der Waals surface area contributed by atoms with Crippen molar-refractivity contribution in [1.29, 1.82) is 0 Å². The average molecular weight is 419 g/mol. The molecule has 2 aromatic carbocycles. The zero-order chi connectivity index (χ0) is 21.5. The topological polar surface area (TPSA) is 59.4 Å². The van der Waals surface area contributed by atoms with E-state index in [1.54, 1.807) is 10.9 Å². The Morgan fingerprint density at radius 2 is 1.81 bits per heavy atom. The number of carbonyl (C=O) groups is 1. The van der Waals surface area contributed by atoms with Gasteiger partial charge < -0.3 is 15.0 Å². The van der Waals surface area contributed by atoms with Gasteiger partial charge in [0.2, 0.25) is 0 Å². The zero-order valence-electron chi connectivity index (χ0n) is 18.0. The highest BCUT2D eigenvalue weighted by Crippen LogP contribution is 2.20. The maximum absolute atomic E-state index is 12.3. The fraction of sp³-hybridized carbons (Fsp3) is 0.360. The van der Waals surface area contributed by atoms with E-state index in [9.17, 15) is 4.79 Å². The van der Waals surface area contributed by atoms with E-state index in [0.717, 1.165) is 50.2 Å². The SMILES string of the molecule is Cn1cc(CNC(=O)c2ccc(OC3CCN(CCc4ccccc4)CC3)cc2)cn1.